The van der Waals surface area contributed by atoms with Crippen molar-refractivity contribution in [1.82, 2.24) is 0 Å². The van der Waals surface area contributed by atoms with Crippen molar-refractivity contribution in [2.24, 2.45) is 0 Å². The minimum atomic E-state index is -0.409. The van der Waals surface area contributed by atoms with Gasteiger partial charge in [0.25, 0.3) is 0 Å². The quantitative estimate of drug-likeness (QED) is 0.0985. The summed E-state index contributed by atoms with van der Waals surface area (Å²) in [4.78, 5) is 12.7. The molecule has 0 aliphatic carbocycles. The monoisotopic (exact) mass is 532 g/mol. The summed E-state index contributed by atoms with van der Waals surface area (Å²) in [5, 5.41) is 0. The zero-order chi connectivity index (χ0) is 27.9. The Hall–Kier alpha value is -3.14. The Kier molecular flexibility index (Phi) is 13.1. The number of hydrogen-bond donors (Lipinski definition) is 0. The molecule has 3 nitrogen and oxygen atoms in total. The molecule has 3 aromatic rings. The molecule has 39 heavy (non-hydrogen) atoms. The van der Waals surface area contributed by atoms with Gasteiger partial charge in [0.2, 0.25) is 0 Å². The van der Waals surface area contributed by atoms with E-state index >= 15 is 0 Å². The van der Waals surface area contributed by atoms with Crippen LogP contribution < -0.4 is 9.47 Å². The SMILES string of the molecule is CCCCCCCCc1ccc(OC(=O)c2ccc(-c3ccc(O[C@@H](C)CCCCCC)c(F)c3)cc2)cc1. The van der Waals surface area contributed by atoms with Gasteiger partial charge in [-0.2, -0.15) is 0 Å². The first kappa shape index (κ1) is 30.4. The average Bonchev–Trinajstić information content (AvgIpc) is 2.95. The Morgan fingerprint density at radius 2 is 1.36 bits per heavy atom. The van der Waals surface area contributed by atoms with Crippen LogP contribution in [0.4, 0.5) is 4.39 Å². The number of ether oxygens (including phenoxy) is 2. The summed E-state index contributed by atoms with van der Waals surface area (Å²) < 4.78 is 26.1. The van der Waals surface area contributed by atoms with Crippen molar-refractivity contribution in [3.05, 3.63) is 83.7 Å². The van der Waals surface area contributed by atoms with Crippen molar-refractivity contribution in [2.45, 2.75) is 104 Å². The highest BCUT2D eigenvalue weighted by Gasteiger charge is 2.12. The highest BCUT2D eigenvalue weighted by Crippen LogP contribution is 2.27. The van der Waals surface area contributed by atoms with Crippen LogP contribution in [-0.4, -0.2) is 12.1 Å². The number of hydrogen-bond acceptors (Lipinski definition) is 3. The highest BCUT2D eigenvalue weighted by atomic mass is 19.1. The third-order valence-electron chi connectivity index (χ3n) is 7.13. The average molecular weight is 533 g/mol. The van der Waals surface area contributed by atoms with E-state index in [4.69, 9.17) is 9.47 Å². The van der Waals surface area contributed by atoms with Gasteiger partial charge in [-0.15, -0.1) is 0 Å². The maximum absolute atomic E-state index is 14.7. The molecule has 0 N–H and O–H groups in total. The predicted molar refractivity (Wildman–Crippen MR) is 159 cm³/mol. The van der Waals surface area contributed by atoms with Gasteiger partial charge in [0.15, 0.2) is 11.6 Å². The molecule has 4 heteroatoms. The van der Waals surface area contributed by atoms with E-state index in [9.17, 15) is 9.18 Å². The third kappa shape index (κ3) is 10.5. The summed E-state index contributed by atoms with van der Waals surface area (Å²) >= 11 is 0. The summed E-state index contributed by atoms with van der Waals surface area (Å²) in [6.07, 6.45) is 14.3. The lowest BCUT2D eigenvalue weighted by Crippen LogP contribution is -2.12. The highest BCUT2D eigenvalue weighted by molar-refractivity contribution is 5.91. The van der Waals surface area contributed by atoms with E-state index in [1.165, 1.54) is 69.4 Å². The van der Waals surface area contributed by atoms with Gasteiger partial charge in [0.05, 0.1) is 11.7 Å². The molecule has 0 fully saturated rings. The van der Waals surface area contributed by atoms with Crippen LogP contribution in [0.5, 0.6) is 11.5 Å². The van der Waals surface area contributed by atoms with Gasteiger partial charge in [0.1, 0.15) is 5.75 Å². The number of benzene rings is 3. The Morgan fingerprint density at radius 1 is 0.744 bits per heavy atom. The Bertz CT molecular complexity index is 1120. The van der Waals surface area contributed by atoms with E-state index in [0.717, 1.165) is 30.4 Å². The van der Waals surface area contributed by atoms with Crippen LogP contribution in [0.3, 0.4) is 0 Å². The molecule has 0 unspecified atom stereocenters. The second kappa shape index (κ2) is 16.7. The minimum Gasteiger partial charge on any atom is -0.488 e. The van der Waals surface area contributed by atoms with Gasteiger partial charge in [-0.25, -0.2) is 9.18 Å². The molecule has 0 spiro atoms. The first-order valence-corrected chi connectivity index (χ1v) is 14.9. The van der Waals surface area contributed by atoms with Crippen molar-refractivity contribution in [3.8, 4) is 22.6 Å². The standard InChI is InChI=1S/C35H45FO3/c1-4-6-8-10-11-13-15-28-16-23-32(24-17-28)39-35(37)30-20-18-29(19-21-30)31-22-25-34(33(36)26-31)38-27(3)14-12-9-7-5-2/h16-27H,4-15H2,1-3H3/t27-/m0/s1. The topological polar surface area (TPSA) is 35.5 Å². The van der Waals surface area contributed by atoms with Gasteiger partial charge in [0, 0.05) is 0 Å². The first-order chi connectivity index (χ1) is 19.0. The van der Waals surface area contributed by atoms with E-state index in [0.29, 0.717) is 11.3 Å². The van der Waals surface area contributed by atoms with Gasteiger partial charge >= 0.3 is 5.97 Å². The van der Waals surface area contributed by atoms with Crippen molar-refractivity contribution in [1.29, 1.82) is 0 Å². The predicted octanol–water partition coefficient (Wildman–Crippen LogP) is 10.4. The normalized spacial score (nSPS) is 11.8. The van der Waals surface area contributed by atoms with Crippen molar-refractivity contribution < 1.29 is 18.7 Å². The number of carbonyl (C=O) groups excluding carboxylic acids is 1. The number of carbonyl (C=O) groups is 1. The fourth-order valence-electron chi connectivity index (χ4n) is 4.71. The van der Waals surface area contributed by atoms with Crippen LogP contribution in [0.2, 0.25) is 0 Å². The van der Waals surface area contributed by atoms with Crippen molar-refractivity contribution in [2.75, 3.05) is 0 Å². The molecule has 0 saturated carbocycles. The molecule has 0 heterocycles. The molecule has 0 radical (unpaired) electrons. The molecular formula is C35H45FO3. The molecule has 0 amide bonds. The van der Waals surface area contributed by atoms with Crippen molar-refractivity contribution >= 4 is 5.97 Å². The number of unbranched alkanes of at least 4 members (excludes halogenated alkanes) is 8. The number of rotatable bonds is 17. The Balaban J connectivity index is 1.49. The molecule has 0 aromatic heterocycles. The minimum absolute atomic E-state index is 0.0241. The molecule has 0 aliphatic heterocycles. The van der Waals surface area contributed by atoms with E-state index in [1.54, 1.807) is 18.2 Å². The zero-order valence-electron chi connectivity index (χ0n) is 24.0. The lowest BCUT2D eigenvalue weighted by Gasteiger charge is -2.16. The third-order valence-corrected chi connectivity index (χ3v) is 7.13. The van der Waals surface area contributed by atoms with Gasteiger partial charge < -0.3 is 9.47 Å². The van der Waals surface area contributed by atoms with E-state index < -0.39 is 5.97 Å². The Morgan fingerprint density at radius 3 is 2.03 bits per heavy atom. The zero-order valence-corrected chi connectivity index (χ0v) is 24.0. The number of halogens is 1. The van der Waals surface area contributed by atoms with Crippen LogP contribution in [0, 0.1) is 5.82 Å². The summed E-state index contributed by atoms with van der Waals surface area (Å²) in [5.74, 6) is 0.0253. The first-order valence-electron chi connectivity index (χ1n) is 14.9. The summed E-state index contributed by atoms with van der Waals surface area (Å²) in [6.45, 7) is 6.41. The van der Waals surface area contributed by atoms with Crippen LogP contribution in [0.15, 0.2) is 66.7 Å². The van der Waals surface area contributed by atoms with Gasteiger partial charge in [-0.05, 0) is 85.7 Å². The maximum Gasteiger partial charge on any atom is 0.343 e. The number of esters is 1. The van der Waals surface area contributed by atoms with Crippen LogP contribution >= 0.6 is 0 Å². The van der Waals surface area contributed by atoms with Gasteiger partial charge in [-0.3, -0.25) is 0 Å². The van der Waals surface area contributed by atoms with Crippen molar-refractivity contribution in [3.63, 3.8) is 0 Å². The van der Waals surface area contributed by atoms with E-state index in [-0.39, 0.29) is 17.7 Å². The van der Waals surface area contributed by atoms with E-state index in [2.05, 4.69) is 13.8 Å². The lowest BCUT2D eigenvalue weighted by atomic mass is 10.0. The van der Waals surface area contributed by atoms with Crippen LogP contribution in [-0.2, 0) is 6.42 Å². The molecule has 0 bridgehead atoms. The number of aryl methyl sites for hydroxylation is 1. The second-order valence-electron chi connectivity index (χ2n) is 10.6. The molecule has 0 saturated heterocycles. The van der Waals surface area contributed by atoms with Gasteiger partial charge in [-0.1, -0.05) is 95.5 Å². The molecule has 3 aromatic carbocycles. The molecule has 1 atom stereocenters. The Labute approximate surface area is 234 Å². The molecule has 0 aliphatic rings. The largest absolute Gasteiger partial charge is 0.488 e. The molecule has 210 valence electrons. The summed E-state index contributed by atoms with van der Waals surface area (Å²) in [6, 6.07) is 19.9. The lowest BCUT2D eigenvalue weighted by molar-refractivity contribution is 0.0734. The van der Waals surface area contributed by atoms with Crippen LogP contribution in [0.1, 0.15) is 107 Å². The summed E-state index contributed by atoms with van der Waals surface area (Å²) in [7, 11) is 0. The second-order valence-corrected chi connectivity index (χ2v) is 10.6. The van der Waals surface area contributed by atoms with Crippen LogP contribution in [0.25, 0.3) is 11.1 Å². The fourth-order valence-corrected chi connectivity index (χ4v) is 4.71. The van der Waals surface area contributed by atoms with E-state index in [1.807, 2.05) is 49.4 Å². The summed E-state index contributed by atoms with van der Waals surface area (Å²) in [5.41, 5.74) is 3.27. The molecular weight excluding hydrogens is 487 g/mol. The molecule has 3 rings (SSSR count). The maximum atomic E-state index is 14.7. The fraction of sp³-hybridized carbons (Fsp3) is 0.457. The smallest absolute Gasteiger partial charge is 0.343 e.